The third-order valence-electron chi connectivity index (χ3n) is 5.78. The first-order valence-electron chi connectivity index (χ1n) is 11.3. The number of alkyl halides is 3. The van der Waals surface area contributed by atoms with Gasteiger partial charge in [0.2, 0.25) is 0 Å². The Hall–Kier alpha value is -3.41. The van der Waals surface area contributed by atoms with Gasteiger partial charge in [0.05, 0.1) is 13.7 Å². The minimum Gasteiger partial charge on any atom is -0.497 e. The van der Waals surface area contributed by atoms with Gasteiger partial charge in [0, 0.05) is 38.1 Å². The van der Waals surface area contributed by atoms with E-state index in [0.717, 1.165) is 16.8 Å². The smallest absolute Gasteiger partial charge is 0.493 e. The summed E-state index contributed by atoms with van der Waals surface area (Å²) in [4.78, 5) is 39.0. The van der Waals surface area contributed by atoms with Crippen LogP contribution in [0.2, 0.25) is 0 Å². The van der Waals surface area contributed by atoms with Gasteiger partial charge in [0.15, 0.2) is 23.0 Å². The Morgan fingerprint density at radius 1 is 1.24 bits per heavy atom. The largest absolute Gasteiger partial charge is 0.497 e. The van der Waals surface area contributed by atoms with E-state index in [-0.39, 0.29) is 23.2 Å². The van der Waals surface area contributed by atoms with Gasteiger partial charge in [-0.1, -0.05) is 17.7 Å². The second kappa shape index (κ2) is 10.9. The molecule has 3 heterocycles. The summed E-state index contributed by atoms with van der Waals surface area (Å²) in [6.45, 7) is 3.62. The zero-order chi connectivity index (χ0) is 26.7. The average molecular weight is 539 g/mol. The van der Waals surface area contributed by atoms with Crippen LogP contribution in [-0.2, 0) is 16.7 Å². The van der Waals surface area contributed by atoms with Crippen LogP contribution in [0.1, 0.15) is 6.92 Å². The van der Waals surface area contributed by atoms with Crippen LogP contribution in [0.15, 0.2) is 39.1 Å². The monoisotopic (exact) mass is 538 g/mol. The van der Waals surface area contributed by atoms with E-state index in [1.807, 2.05) is 4.90 Å². The number of nitrogens with one attached hydrogen (secondary N) is 1. The van der Waals surface area contributed by atoms with Gasteiger partial charge in [-0.3, -0.25) is 14.3 Å². The third-order valence-corrected chi connectivity index (χ3v) is 6.83. The summed E-state index contributed by atoms with van der Waals surface area (Å²) in [5.74, 6) is 3.66. The summed E-state index contributed by atoms with van der Waals surface area (Å²) in [5.41, 5.74) is -0.507. The molecule has 4 rings (SSSR count). The van der Waals surface area contributed by atoms with E-state index in [1.54, 1.807) is 31.2 Å². The van der Waals surface area contributed by atoms with Gasteiger partial charge in [0.1, 0.15) is 5.75 Å². The van der Waals surface area contributed by atoms with Crippen molar-refractivity contribution in [1.82, 2.24) is 19.8 Å². The van der Waals surface area contributed by atoms with Crippen LogP contribution in [0.3, 0.4) is 0 Å². The Morgan fingerprint density at radius 3 is 2.51 bits per heavy atom. The van der Waals surface area contributed by atoms with Crippen LogP contribution in [0.5, 0.6) is 5.75 Å². The molecule has 198 valence electrons. The van der Waals surface area contributed by atoms with Crippen molar-refractivity contribution >= 4 is 29.2 Å². The van der Waals surface area contributed by atoms with Crippen LogP contribution >= 0.6 is 11.8 Å². The molecule has 0 amide bonds. The Balaban J connectivity index is 1.83. The number of carbonyl (C=O) groups is 1. The molecule has 0 bridgehead atoms. The molecule has 2 aliphatic heterocycles. The number of ether oxygens (including phenoxy) is 1. The number of hydrogen-bond donors (Lipinski definition) is 1. The van der Waals surface area contributed by atoms with Crippen molar-refractivity contribution in [2.45, 2.75) is 29.4 Å². The number of nitrogens with zero attached hydrogens (tertiary/aromatic N) is 5. The zero-order valence-corrected chi connectivity index (χ0v) is 21.1. The molecule has 1 N–H and O–H groups in total. The highest BCUT2D eigenvalue weighted by atomic mass is 32.2. The number of hydrogen-bond acceptors (Lipinski definition) is 10. The van der Waals surface area contributed by atoms with Gasteiger partial charge < -0.3 is 19.8 Å². The Kier molecular flexibility index (Phi) is 7.86. The normalized spacial score (nSPS) is 17.7. The highest BCUT2D eigenvalue weighted by molar-refractivity contribution is 7.99. The Bertz CT molecular complexity index is 1270. The van der Waals surface area contributed by atoms with Crippen molar-refractivity contribution in [1.29, 1.82) is 0 Å². The average Bonchev–Trinajstić information content (AvgIpc) is 3.18. The maximum Gasteiger partial charge on any atom is 0.493 e. The van der Waals surface area contributed by atoms with Gasteiger partial charge in [-0.2, -0.15) is 13.2 Å². The van der Waals surface area contributed by atoms with Crippen molar-refractivity contribution in [2.24, 2.45) is 7.05 Å². The third kappa shape index (κ3) is 5.48. The fourth-order valence-corrected chi connectivity index (χ4v) is 4.81. The van der Waals surface area contributed by atoms with Crippen molar-refractivity contribution in [3.05, 3.63) is 34.6 Å². The maximum absolute atomic E-state index is 13.6. The molecule has 1 saturated heterocycles. The molecule has 14 heteroatoms. The summed E-state index contributed by atoms with van der Waals surface area (Å²) >= 11 is 1.13. The molecular formula is C23H25F3N6O4S. The molecule has 2 aromatic rings. The van der Waals surface area contributed by atoms with Crippen molar-refractivity contribution < 1.29 is 27.5 Å². The van der Waals surface area contributed by atoms with Crippen LogP contribution in [0, 0.1) is 11.8 Å². The molecular weight excluding hydrogens is 513 g/mol. The molecule has 1 unspecified atom stereocenters. The number of methoxy groups -OCH3 is 1. The van der Waals surface area contributed by atoms with Crippen LogP contribution < -0.4 is 25.6 Å². The van der Waals surface area contributed by atoms with Crippen molar-refractivity contribution in [3.63, 3.8) is 0 Å². The number of rotatable bonds is 6. The van der Waals surface area contributed by atoms with E-state index in [0.29, 0.717) is 36.8 Å². The van der Waals surface area contributed by atoms with Crippen molar-refractivity contribution in [2.75, 3.05) is 49.8 Å². The molecule has 0 spiro atoms. The summed E-state index contributed by atoms with van der Waals surface area (Å²) in [6, 6.07) is 6.99. The van der Waals surface area contributed by atoms with Gasteiger partial charge in [0.25, 0.3) is 5.56 Å². The maximum atomic E-state index is 13.6. The van der Waals surface area contributed by atoms with Gasteiger partial charge in [-0.25, -0.2) is 9.78 Å². The van der Waals surface area contributed by atoms with Gasteiger partial charge in [-0.05, 0) is 31.2 Å². The highest BCUT2D eigenvalue weighted by Crippen LogP contribution is 2.40. The summed E-state index contributed by atoms with van der Waals surface area (Å²) in [6.07, 6.45) is -6.28. The first-order chi connectivity index (χ1) is 17.7. The molecule has 37 heavy (non-hydrogen) atoms. The summed E-state index contributed by atoms with van der Waals surface area (Å²) < 4.78 is 46.2. The number of benzene rings is 1. The molecule has 0 radical (unpaired) electrons. The topological polar surface area (TPSA) is 92.2 Å². The molecule has 2 aliphatic rings. The lowest BCUT2D eigenvalue weighted by Crippen LogP contribution is -2.61. The highest BCUT2D eigenvalue weighted by Gasteiger charge is 2.50. The minimum absolute atomic E-state index is 0.00263. The number of fused-ring (bicyclic) bond motifs is 1. The van der Waals surface area contributed by atoms with Crippen molar-refractivity contribution in [3.8, 4) is 17.6 Å². The quantitative estimate of drug-likeness (QED) is 0.434. The standard InChI is InChI=1S/C23H25F3N6O4S/c1-4-5-12-31-17-18(28-21(29(2)19(17)33)37-16-8-6-15(35-3)7-9-16)32(36-20(34)23(24,25)26)22(31)30-13-10-27-11-14-30/h6-9,22,27H,10-14H2,1-3H3. The number of hydroxylamine groups is 1. The molecule has 0 aliphatic carbocycles. The summed E-state index contributed by atoms with van der Waals surface area (Å²) in [5, 5.41) is 4.16. The lowest BCUT2D eigenvalue weighted by atomic mass is 10.3. The number of piperazine rings is 1. The number of halogens is 3. The lowest BCUT2D eigenvalue weighted by molar-refractivity contribution is -0.203. The SMILES string of the molecule is CC#CCN1c2c(nc(Sc3ccc(OC)cc3)n(C)c2=O)N(OC(=O)C(F)(F)F)C1N1CCNCC1. The van der Waals surface area contributed by atoms with Crippen LogP contribution in [0.25, 0.3) is 0 Å². The molecule has 1 aromatic heterocycles. The zero-order valence-electron chi connectivity index (χ0n) is 20.3. The fraction of sp³-hybridized carbons (Fsp3) is 0.435. The Morgan fingerprint density at radius 2 is 1.92 bits per heavy atom. The van der Waals surface area contributed by atoms with E-state index < -0.39 is 24.0 Å². The fourth-order valence-electron chi connectivity index (χ4n) is 3.97. The van der Waals surface area contributed by atoms with Crippen LogP contribution in [0.4, 0.5) is 24.7 Å². The second-order valence-electron chi connectivity index (χ2n) is 8.10. The molecule has 10 nitrogen and oxygen atoms in total. The Labute approximate surface area is 215 Å². The van der Waals surface area contributed by atoms with Crippen LogP contribution in [-0.4, -0.2) is 72.7 Å². The second-order valence-corrected chi connectivity index (χ2v) is 9.14. The van der Waals surface area contributed by atoms with Gasteiger partial charge >= 0.3 is 12.1 Å². The molecule has 1 atom stereocenters. The number of carbonyl (C=O) groups excluding carboxylic acids is 1. The molecule has 1 aromatic carbocycles. The number of aromatic nitrogens is 2. The predicted molar refractivity (Wildman–Crippen MR) is 130 cm³/mol. The molecule has 0 saturated carbocycles. The number of anilines is 2. The minimum atomic E-state index is -5.24. The van der Waals surface area contributed by atoms with E-state index >= 15 is 0 Å². The van der Waals surface area contributed by atoms with E-state index in [1.165, 1.54) is 23.6 Å². The lowest BCUT2D eigenvalue weighted by Gasteiger charge is -2.40. The first-order valence-corrected chi connectivity index (χ1v) is 12.1. The van der Waals surface area contributed by atoms with E-state index in [9.17, 15) is 22.8 Å². The van der Waals surface area contributed by atoms with E-state index in [4.69, 9.17) is 9.57 Å². The van der Waals surface area contributed by atoms with Gasteiger partial charge in [-0.15, -0.1) is 11.0 Å². The van der Waals surface area contributed by atoms with E-state index in [2.05, 4.69) is 22.1 Å². The predicted octanol–water partition coefficient (Wildman–Crippen LogP) is 1.80. The first kappa shape index (κ1) is 26.6. The summed E-state index contributed by atoms with van der Waals surface area (Å²) in [7, 11) is 3.06. The molecule has 1 fully saturated rings.